The summed E-state index contributed by atoms with van der Waals surface area (Å²) in [5, 5.41) is 14.5. The standard InChI is InChI=1S/C24H31N7O.C2H5N/c1-4-17(5-2)14-29-24(32)23-27-15-18(16-28-23)21(25)19-10-11-20(30-22(19)26-3)31-12-8-6-7-9-13-31;1-3-2/h4-5,10-11,15-16,25H,1,6-9,12-14H2,2-3H3,(H,26,30)(H,29,32);1H2,2H3/b17-5+,25-21?;. The number of pyridine rings is 1. The lowest BCUT2D eigenvalue weighted by atomic mass is 10.1. The monoisotopic (exact) mass is 476 g/mol. The van der Waals surface area contributed by atoms with Gasteiger partial charge in [0.15, 0.2) is 0 Å². The zero-order valence-electron chi connectivity index (χ0n) is 21.0. The van der Waals surface area contributed by atoms with Gasteiger partial charge in [0, 0.05) is 57.3 Å². The molecule has 0 bridgehead atoms. The maximum Gasteiger partial charge on any atom is 0.289 e. The summed E-state index contributed by atoms with van der Waals surface area (Å²) in [7, 11) is 3.44. The highest BCUT2D eigenvalue weighted by atomic mass is 16.2. The summed E-state index contributed by atoms with van der Waals surface area (Å²) in [4.78, 5) is 30.9. The van der Waals surface area contributed by atoms with Gasteiger partial charge in [0.1, 0.15) is 11.6 Å². The number of aromatic nitrogens is 3. The second-order valence-electron chi connectivity index (χ2n) is 7.95. The number of hydrogen-bond acceptors (Lipinski definition) is 8. The highest BCUT2D eigenvalue weighted by Gasteiger charge is 2.17. The van der Waals surface area contributed by atoms with Gasteiger partial charge in [-0.05, 0) is 44.2 Å². The van der Waals surface area contributed by atoms with E-state index in [0.29, 0.717) is 23.5 Å². The van der Waals surface area contributed by atoms with E-state index in [1.807, 2.05) is 25.1 Å². The van der Waals surface area contributed by atoms with Crippen LogP contribution in [-0.2, 0) is 0 Å². The Morgan fingerprint density at radius 2 is 1.83 bits per heavy atom. The van der Waals surface area contributed by atoms with Gasteiger partial charge in [-0.1, -0.05) is 31.6 Å². The fraction of sp³-hybridized carbons (Fsp3) is 0.385. The molecule has 3 heterocycles. The molecule has 0 unspecified atom stereocenters. The van der Waals surface area contributed by atoms with Gasteiger partial charge in [-0.15, -0.1) is 0 Å². The van der Waals surface area contributed by atoms with Crippen LogP contribution in [0.5, 0.6) is 0 Å². The number of rotatable bonds is 8. The molecule has 1 aliphatic heterocycles. The molecule has 0 saturated carbocycles. The summed E-state index contributed by atoms with van der Waals surface area (Å²) in [6, 6.07) is 3.88. The van der Waals surface area contributed by atoms with Crippen molar-refractivity contribution in [3.8, 4) is 0 Å². The third-order valence-corrected chi connectivity index (χ3v) is 5.55. The van der Waals surface area contributed by atoms with E-state index in [-0.39, 0.29) is 17.4 Å². The highest BCUT2D eigenvalue weighted by molar-refractivity contribution is 6.13. The molecule has 3 rings (SSSR count). The molecule has 0 spiro atoms. The lowest BCUT2D eigenvalue weighted by Gasteiger charge is -2.22. The second-order valence-corrected chi connectivity index (χ2v) is 7.95. The molecule has 35 heavy (non-hydrogen) atoms. The van der Waals surface area contributed by atoms with Gasteiger partial charge in [-0.2, -0.15) is 0 Å². The third kappa shape index (κ3) is 7.84. The molecule has 1 saturated heterocycles. The number of carbonyl (C=O) groups is 1. The van der Waals surface area contributed by atoms with Crippen molar-refractivity contribution in [1.29, 1.82) is 5.41 Å². The van der Waals surface area contributed by atoms with E-state index in [1.165, 1.54) is 38.1 Å². The fourth-order valence-corrected chi connectivity index (χ4v) is 3.60. The van der Waals surface area contributed by atoms with E-state index in [9.17, 15) is 4.79 Å². The Kier molecular flexibility index (Phi) is 11.3. The van der Waals surface area contributed by atoms with Gasteiger partial charge in [0.2, 0.25) is 5.82 Å². The van der Waals surface area contributed by atoms with Crippen LogP contribution in [0, 0.1) is 5.41 Å². The van der Waals surface area contributed by atoms with Crippen molar-refractivity contribution >= 4 is 30.0 Å². The molecule has 2 aromatic heterocycles. The van der Waals surface area contributed by atoms with Crippen LogP contribution in [0.3, 0.4) is 0 Å². The van der Waals surface area contributed by atoms with Gasteiger partial charge >= 0.3 is 0 Å². The zero-order valence-corrected chi connectivity index (χ0v) is 21.0. The van der Waals surface area contributed by atoms with E-state index in [1.54, 1.807) is 20.2 Å². The van der Waals surface area contributed by atoms with E-state index >= 15 is 0 Å². The minimum Gasteiger partial charge on any atom is -0.373 e. The Morgan fingerprint density at radius 3 is 2.37 bits per heavy atom. The molecule has 9 heteroatoms. The van der Waals surface area contributed by atoms with Gasteiger partial charge in [-0.25, -0.2) is 15.0 Å². The SMILES string of the molecule is C=C/C(=C\C)CNC(=O)c1ncc(C(=N)c2ccc(N3CCCCCC3)nc2NC)cn1.C=NC. The normalized spacial score (nSPS) is 13.6. The molecule has 1 aliphatic rings. The minimum atomic E-state index is -0.372. The average molecular weight is 477 g/mol. The Morgan fingerprint density at radius 1 is 1.20 bits per heavy atom. The quantitative estimate of drug-likeness (QED) is 0.393. The van der Waals surface area contributed by atoms with Crippen LogP contribution in [0.25, 0.3) is 0 Å². The number of amides is 1. The van der Waals surface area contributed by atoms with Crippen LogP contribution >= 0.6 is 0 Å². The maximum absolute atomic E-state index is 12.3. The largest absolute Gasteiger partial charge is 0.373 e. The van der Waals surface area contributed by atoms with Crippen LogP contribution in [-0.4, -0.2) is 67.0 Å². The summed E-state index contributed by atoms with van der Waals surface area (Å²) >= 11 is 0. The van der Waals surface area contributed by atoms with E-state index in [4.69, 9.17) is 10.4 Å². The smallest absolute Gasteiger partial charge is 0.289 e. The maximum atomic E-state index is 12.3. The van der Waals surface area contributed by atoms with Crippen molar-refractivity contribution in [2.45, 2.75) is 32.6 Å². The van der Waals surface area contributed by atoms with E-state index < -0.39 is 0 Å². The van der Waals surface area contributed by atoms with E-state index in [0.717, 1.165) is 24.5 Å². The topological polar surface area (TPSA) is 119 Å². The van der Waals surface area contributed by atoms with Gasteiger partial charge < -0.3 is 20.5 Å². The van der Waals surface area contributed by atoms with Crippen LogP contribution in [0.4, 0.5) is 11.6 Å². The Balaban J connectivity index is 0.00000137. The van der Waals surface area contributed by atoms with Crippen molar-refractivity contribution in [3.63, 3.8) is 0 Å². The molecular weight excluding hydrogens is 440 g/mol. The summed E-state index contributed by atoms with van der Waals surface area (Å²) in [6.07, 6.45) is 11.4. The number of allylic oxidation sites excluding steroid dienone is 1. The summed E-state index contributed by atoms with van der Waals surface area (Å²) in [5.41, 5.74) is 2.34. The summed E-state index contributed by atoms with van der Waals surface area (Å²) in [5.74, 6) is 1.26. The minimum absolute atomic E-state index is 0.0598. The zero-order chi connectivity index (χ0) is 25.6. The highest BCUT2D eigenvalue weighted by Crippen LogP contribution is 2.23. The first-order chi connectivity index (χ1) is 17.0. The lowest BCUT2D eigenvalue weighted by molar-refractivity contribution is 0.0947. The average Bonchev–Trinajstić information content (AvgIpc) is 3.18. The molecule has 9 nitrogen and oxygen atoms in total. The predicted octanol–water partition coefficient (Wildman–Crippen LogP) is 3.89. The number of hydrogen-bond donors (Lipinski definition) is 3. The predicted molar refractivity (Wildman–Crippen MR) is 144 cm³/mol. The molecule has 1 amide bonds. The van der Waals surface area contributed by atoms with Crippen molar-refractivity contribution in [2.75, 3.05) is 43.9 Å². The Hall–Kier alpha value is -3.88. The molecule has 0 atom stereocenters. The van der Waals surface area contributed by atoms with Crippen molar-refractivity contribution in [2.24, 2.45) is 4.99 Å². The lowest BCUT2D eigenvalue weighted by Crippen LogP contribution is -2.27. The Labute approximate surface area is 208 Å². The van der Waals surface area contributed by atoms with Crippen LogP contribution in [0.2, 0.25) is 0 Å². The molecule has 0 radical (unpaired) electrons. The molecule has 0 aliphatic carbocycles. The van der Waals surface area contributed by atoms with Crippen LogP contribution in [0.15, 0.2) is 53.8 Å². The third-order valence-electron chi connectivity index (χ3n) is 5.55. The van der Waals surface area contributed by atoms with Gasteiger partial charge in [-0.3, -0.25) is 10.2 Å². The first kappa shape index (κ1) is 27.4. The molecular formula is C26H36N8O. The summed E-state index contributed by atoms with van der Waals surface area (Å²) < 4.78 is 0. The van der Waals surface area contributed by atoms with Crippen molar-refractivity contribution in [1.82, 2.24) is 20.3 Å². The first-order valence-corrected chi connectivity index (χ1v) is 11.7. The fourth-order valence-electron chi connectivity index (χ4n) is 3.60. The molecule has 3 N–H and O–H groups in total. The number of anilines is 2. The summed E-state index contributed by atoms with van der Waals surface area (Å²) in [6.45, 7) is 11.1. The van der Waals surface area contributed by atoms with Crippen molar-refractivity contribution in [3.05, 3.63) is 65.8 Å². The number of nitrogens with one attached hydrogen (secondary N) is 3. The first-order valence-electron chi connectivity index (χ1n) is 11.7. The van der Waals surface area contributed by atoms with E-state index in [2.05, 4.69) is 43.8 Å². The van der Waals surface area contributed by atoms with Crippen molar-refractivity contribution < 1.29 is 4.79 Å². The van der Waals surface area contributed by atoms with Gasteiger partial charge in [0.25, 0.3) is 5.91 Å². The van der Waals surface area contributed by atoms with Crippen LogP contribution < -0.4 is 15.5 Å². The molecule has 2 aromatic rings. The number of carbonyl (C=O) groups excluding carboxylic acids is 1. The molecule has 1 fully saturated rings. The number of aliphatic imine (C=N–C) groups is 1. The van der Waals surface area contributed by atoms with Gasteiger partial charge in [0.05, 0.1) is 5.71 Å². The van der Waals surface area contributed by atoms with Crippen LogP contribution in [0.1, 0.15) is 54.4 Å². The second kappa shape index (κ2) is 14.4. The number of nitrogens with zero attached hydrogens (tertiary/aromatic N) is 5. The molecule has 0 aromatic carbocycles. The molecule has 186 valence electrons. The Bertz CT molecular complexity index is 1040.